The van der Waals surface area contributed by atoms with Gasteiger partial charge in [-0.15, -0.1) is 0 Å². The Morgan fingerprint density at radius 2 is 1.97 bits per heavy atom. The molecule has 0 spiro atoms. The van der Waals surface area contributed by atoms with E-state index in [9.17, 15) is 9.18 Å². The average Bonchev–Trinajstić information content (AvgIpc) is 3.48. The van der Waals surface area contributed by atoms with E-state index in [2.05, 4.69) is 25.2 Å². The van der Waals surface area contributed by atoms with Crippen molar-refractivity contribution in [3.8, 4) is 11.4 Å². The lowest BCUT2D eigenvalue weighted by atomic mass is 10.1. The first kappa shape index (κ1) is 21.3. The monoisotopic (exact) mass is 448 g/mol. The van der Waals surface area contributed by atoms with Gasteiger partial charge in [-0.1, -0.05) is 35.5 Å². The number of nitrogens with zero attached hydrogens (tertiary/aromatic N) is 5. The van der Waals surface area contributed by atoms with Gasteiger partial charge in [-0.05, 0) is 37.6 Å². The molecule has 170 valence electrons. The predicted molar refractivity (Wildman–Crippen MR) is 121 cm³/mol. The highest BCUT2D eigenvalue weighted by Crippen LogP contribution is 2.20. The number of amides is 1. The van der Waals surface area contributed by atoms with Crippen molar-refractivity contribution in [1.29, 1.82) is 0 Å². The third kappa shape index (κ3) is 4.49. The Morgan fingerprint density at radius 3 is 2.79 bits per heavy atom. The van der Waals surface area contributed by atoms with Gasteiger partial charge in [0.1, 0.15) is 5.82 Å². The number of para-hydroxylation sites is 1. The number of piperazine rings is 1. The van der Waals surface area contributed by atoms with Crippen molar-refractivity contribution in [2.75, 3.05) is 32.7 Å². The van der Waals surface area contributed by atoms with Crippen LogP contribution in [0.4, 0.5) is 4.39 Å². The summed E-state index contributed by atoms with van der Waals surface area (Å²) in [7, 11) is 0. The molecule has 0 aliphatic carbocycles. The number of rotatable bonds is 6. The van der Waals surface area contributed by atoms with Gasteiger partial charge in [-0.2, -0.15) is 10.1 Å². The molecule has 2 aromatic carbocycles. The number of aryl methyl sites for hydroxylation is 2. The van der Waals surface area contributed by atoms with Crippen molar-refractivity contribution >= 4 is 16.8 Å². The van der Waals surface area contributed by atoms with Gasteiger partial charge in [0.15, 0.2) is 5.69 Å². The molecule has 33 heavy (non-hydrogen) atoms. The normalized spacial score (nSPS) is 14.8. The average molecular weight is 449 g/mol. The largest absolute Gasteiger partial charge is 0.339 e. The minimum atomic E-state index is -0.281. The summed E-state index contributed by atoms with van der Waals surface area (Å²) in [5.74, 6) is 0.641. The molecule has 1 saturated heterocycles. The van der Waals surface area contributed by atoms with E-state index in [0.717, 1.165) is 37.0 Å². The van der Waals surface area contributed by atoms with E-state index in [1.807, 2.05) is 29.2 Å². The Balaban J connectivity index is 1.10. The molecule has 3 heterocycles. The molecule has 0 unspecified atom stereocenters. The number of halogens is 1. The molecule has 0 atom stereocenters. The number of H-pyrrole nitrogens is 1. The van der Waals surface area contributed by atoms with Crippen LogP contribution in [0.15, 0.2) is 47.0 Å². The molecule has 5 rings (SSSR count). The maximum Gasteiger partial charge on any atom is 0.275 e. The lowest BCUT2D eigenvalue weighted by Gasteiger charge is -2.34. The zero-order chi connectivity index (χ0) is 22.8. The van der Waals surface area contributed by atoms with Crippen LogP contribution in [0.25, 0.3) is 22.3 Å². The SMILES string of the molecule is Cc1ccc(-c2noc(CCCN3CCN(C(=O)c4n[nH]c5ccccc45)CC3)n2)cc1F. The van der Waals surface area contributed by atoms with Crippen LogP contribution in [0.2, 0.25) is 0 Å². The van der Waals surface area contributed by atoms with Crippen molar-refractivity contribution in [3.63, 3.8) is 0 Å². The summed E-state index contributed by atoms with van der Waals surface area (Å²) in [5.41, 5.74) is 2.55. The van der Waals surface area contributed by atoms with Gasteiger partial charge < -0.3 is 9.42 Å². The summed E-state index contributed by atoms with van der Waals surface area (Å²) >= 11 is 0. The highest BCUT2D eigenvalue weighted by atomic mass is 19.1. The first-order chi connectivity index (χ1) is 16.1. The first-order valence-electron chi connectivity index (χ1n) is 11.1. The minimum absolute atomic E-state index is 0.0296. The Bertz CT molecular complexity index is 1270. The molecule has 1 aliphatic heterocycles. The molecule has 9 heteroatoms. The van der Waals surface area contributed by atoms with Crippen molar-refractivity contribution in [3.05, 3.63) is 65.4 Å². The second kappa shape index (κ2) is 9.11. The van der Waals surface area contributed by atoms with Crippen LogP contribution in [-0.4, -0.2) is 68.8 Å². The number of carbonyl (C=O) groups is 1. The fourth-order valence-electron chi connectivity index (χ4n) is 4.11. The number of hydrogen-bond acceptors (Lipinski definition) is 6. The van der Waals surface area contributed by atoms with Crippen LogP contribution in [0, 0.1) is 12.7 Å². The van der Waals surface area contributed by atoms with E-state index >= 15 is 0 Å². The van der Waals surface area contributed by atoms with Crippen LogP contribution in [0.1, 0.15) is 28.4 Å². The molecule has 1 N–H and O–H groups in total. The zero-order valence-corrected chi connectivity index (χ0v) is 18.4. The molecule has 8 nitrogen and oxygen atoms in total. The maximum absolute atomic E-state index is 13.8. The number of carbonyl (C=O) groups excluding carboxylic acids is 1. The summed E-state index contributed by atoms with van der Waals surface area (Å²) in [6.45, 7) is 5.56. The molecule has 1 aliphatic rings. The van der Waals surface area contributed by atoms with Crippen LogP contribution < -0.4 is 0 Å². The number of benzene rings is 2. The molecule has 2 aromatic heterocycles. The summed E-state index contributed by atoms with van der Waals surface area (Å²) < 4.78 is 19.1. The smallest absolute Gasteiger partial charge is 0.275 e. The lowest BCUT2D eigenvalue weighted by Crippen LogP contribution is -2.49. The highest BCUT2D eigenvalue weighted by molar-refractivity contribution is 6.04. The quantitative estimate of drug-likeness (QED) is 0.486. The third-order valence-corrected chi connectivity index (χ3v) is 6.10. The molecular weight excluding hydrogens is 423 g/mol. The van der Waals surface area contributed by atoms with Gasteiger partial charge in [0.05, 0.1) is 5.52 Å². The van der Waals surface area contributed by atoms with Crippen LogP contribution in [-0.2, 0) is 6.42 Å². The van der Waals surface area contributed by atoms with Gasteiger partial charge in [0.25, 0.3) is 5.91 Å². The molecule has 0 bridgehead atoms. The molecule has 0 radical (unpaired) electrons. The summed E-state index contributed by atoms with van der Waals surface area (Å²) in [6.07, 6.45) is 1.52. The summed E-state index contributed by atoms with van der Waals surface area (Å²) in [4.78, 5) is 21.5. The molecular formula is C24H25FN6O2. The fraction of sp³-hybridized carbons (Fsp3) is 0.333. The van der Waals surface area contributed by atoms with Crippen molar-refractivity contribution in [2.24, 2.45) is 0 Å². The highest BCUT2D eigenvalue weighted by Gasteiger charge is 2.25. The van der Waals surface area contributed by atoms with Gasteiger partial charge in [0.2, 0.25) is 11.7 Å². The zero-order valence-electron chi connectivity index (χ0n) is 18.4. The van der Waals surface area contributed by atoms with Crippen LogP contribution >= 0.6 is 0 Å². The van der Waals surface area contributed by atoms with E-state index in [1.165, 1.54) is 6.07 Å². The molecule has 0 saturated carbocycles. The molecule has 1 fully saturated rings. The topological polar surface area (TPSA) is 91.2 Å². The van der Waals surface area contributed by atoms with E-state index in [-0.39, 0.29) is 11.7 Å². The Kier molecular flexibility index (Phi) is 5.87. The van der Waals surface area contributed by atoms with Gasteiger partial charge >= 0.3 is 0 Å². The van der Waals surface area contributed by atoms with E-state index in [0.29, 0.717) is 48.0 Å². The van der Waals surface area contributed by atoms with Crippen LogP contribution in [0.3, 0.4) is 0 Å². The second-order valence-corrected chi connectivity index (χ2v) is 8.33. The van der Waals surface area contributed by atoms with Gasteiger partial charge in [0, 0.05) is 43.5 Å². The summed E-state index contributed by atoms with van der Waals surface area (Å²) in [6, 6.07) is 12.6. The third-order valence-electron chi connectivity index (χ3n) is 6.10. The Hall–Kier alpha value is -3.59. The van der Waals surface area contributed by atoms with Crippen LogP contribution in [0.5, 0.6) is 0 Å². The van der Waals surface area contributed by atoms with Gasteiger partial charge in [-0.25, -0.2) is 4.39 Å². The minimum Gasteiger partial charge on any atom is -0.339 e. The number of fused-ring (bicyclic) bond motifs is 1. The number of aromatic nitrogens is 4. The Labute approximate surface area is 190 Å². The number of hydrogen-bond donors (Lipinski definition) is 1. The second-order valence-electron chi connectivity index (χ2n) is 8.33. The van der Waals surface area contributed by atoms with E-state index < -0.39 is 0 Å². The fourth-order valence-corrected chi connectivity index (χ4v) is 4.11. The molecule has 1 amide bonds. The number of nitrogens with one attached hydrogen (secondary N) is 1. The predicted octanol–water partition coefficient (Wildman–Crippen LogP) is 3.45. The van der Waals surface area contributed by atoms with Gasteiger partial charge in [-0.3, -0.25) is 14.8 Å². The van der Waals surface area contributed by atoms with Crippen molar-refractivity contribution in [2.45, 2.75) is 19.8 Å². The lowest BCUT2D eigenvalue weighted by molar-refractivity contribution is 0.0631. The summed E-state index contributed by atoms with van der Waals surface area (Å²) in [5, 5.41) is 12.0. The van der Waals surface area contributed by atoms with Crippen molar-refractivity contribution in [1.82, 2.24) is 30.1 Å². The maximum atomic E-state index is 13.8. The van der Waals surface area contributed by atoms with E-state index in [4.69, 9.17) is 4.52 Å². The van der Waals surface area contributed by atoms with Crippen molar-refractivity contribution < 1.29 is 13.7 Å². The Morgan fingerprint density at radius 1 is 1.15 bits per heavy atom. The first-order valence-corrected chi connectivity index (χ1v) is 11.1. The standard InChI is InChI=1S/C24H25FN6O2/c1-16-8-9-17(15-19(16)25)23-26-21(33-29-23)7-4-10-30-11-13-31(14-12-30)24(32)22-18-5-2-3-6-20(18)27-28-22/h2-3,5-6,8-9,15H,4,7,10-14H2,1H3,(H,27,28). The van der Waals surface area contributed by atoms with E-state index in [1.54, 1.807) is 19.1 Å². The molecule has 4 aromatic rings. The number of aromatic amines is 1.